The fourth-order valence-electron chi connectivity index (χ4n) is 3.48. The Bertz CT molecular complexity index is 1120. The Morgan fingerprint density at radius 3 is 2.41 bits per heavy atom. The van der Waals surface area contributed by atoms with Crippen LogP contribution in [0.2, 0.25) is 0 Å². The van der Waals surface area contributed by atoms with Crippen LogP contribution < -0.4 is 4.90 Å². The van der Waals surface area contributed by atoms with Crippen molar-refractivity contribution in [1.82, 2.24) is 5.16 Å². The number of benzene rings is 1. The SMILES string of the molecule is CCc1ccc(C2C(C(=O)c3ccc(C)o3)=C(O)C(=O)N2c2cc(C)on2)cc1. The van der Waals surface area contributed by atoms with Gasteiger partial charge in [0.25, 0.3) is 5.91 Å². The van der Waals surface area contributed by atoms with E-state index in [4.69, 9.17) is 8.94 Å². The van der Waals surface area contributed by atoms with Crippen LogP contribution in [0.5, 0.6) is 0 Å². The number of furan rings is 1. The highest BCUT2D eigenvalue weighted by molar-refractivity contribution is 6.19. The second-order valence-electron chi connectivity index (χ2n) is 6.97. The van der Waals surface area contributed by atoms with E-state index < -0.39 is 23.5 Å². The highest BCUT2D eigenvalue weighted by Crippen LogP contribution is 2.41. The van der Waals surface area contributed by atoms with Crippen molar-refractivity contribution in [3.8, 4) is 0 Å². The van der Waals surface area contributed by atoms with E-state index >= 15 is 0 Å². The van der Waals surface area contributed by atoms with Crippen molar-refractivity contribution in [2.24, 2.45) is 0 Å². The van der Waals surface area contributed by atoms with Gasteiger partial charge in [0.2, 0.25) is 5.78 Å². The third-order valence-corrected chi connectivity index (χ3v) is 4.98. The lowest BCUT2D eigenvalue weighted by atomic mass is 9.94. The number of aliphatic hydroxyl groups excluding tert-OH is 1. The number of aryl methyl sites for hydroxylation is 3. The van der Waals surface area contributed by atoms with Gasteiger partial charge in [-0.1, -0.05) is 36.3 Å². The first kappa shape index (κ1) is 18.7. The van der Waals surface area contributed by atoms with Crippen molar-refractivity contribution >= 4 is 17.5 Å². The third kappa shape index (κ3) is 3.14. The molecule has 0 spiro atoms. The lowest BCUT2D eigenvalue weighted by Crippen LogP contribution is -2.31. The number of Topliss-reactive ketones (excluding diaryl/α,β-unsaturated/α-hetero) is 1. The first-order valence-corrected chi connectivity index (χ1v) is 9.30. The summed E-state index contributed by atoms with van der Waals surface area (Å²) in [5.41, 5.74) is 1.74. The summed E-state index contributed by atoms with van der Waals surface area (Å²) in [6.07, 6.45) is 0.856. The van der Waals surface area contributed by atoms with E-state index in [9.17, 15) is 14.7 Å². The predicted molar refractivity (Wildman–Crippen MR) is 105 cm³/mol. The van der Waals surface area contributed by atoms with Crippen LogP contribution in [-0.4, -0.2) is 22.0 Å². The molecule has 1 unspecified atom stereocenters. The van der Waals surface area contributed by atoms with Gasteiger partial charge in [-0.3, -0.25) is 14.5 Å². The molecule has 0 saturated carbocycles. The van der Waals surface area contributed by atoms with Crippen molar-refractivity contribution in [2.75, 3.05) is 4.90 Å². The number of amides is 1. The smallest absolute Gasteiger partial charge is 0.295 e. The second-order valence-corrected chi connectivity index (χ2v) is 6.97. The second kappa shape index (κ2) is 7.09. The van der Waals surface area contributed by atoms with Crippen LogP contribution in [0.3, 0.4) is 0 Å². The van der Waals surface area contributed by atoms with E-state index in [2.05, 4.69) is 5.16 Å². The fourth-order valence-corrected chi connectivity index (χ4v) is 3.48. The van der Waals surface area contributed by atoms with Crippen LogP contribution in [0.4, 0.5) is 5.82 Å². The molecular formula is C22H20N2O5. The molecule has 4 rings (SSSR count). The van der Waals surface area contributed by atoms with Gasteiger partial charge in [-0.2, -0.15) is 0 Å². The predicted octanol–water partition coefficient (Wildman–Crippen LogP) is 4.23. The summed E-state index contributed by atoms with van der Waals surface area (Å²) >= 11 is 0. The van der Waals surface area contributed by atoms with E-state index in [1.165, 1.54) is 11.0 Å². The maximum absolute atomic E-state index is 13.2. The van der Waals surface area contributed by atoms with Gasteiger partial charge in [0.1, 0.15) is 11.5 Å². The molecule has 29 heavy (non-hydrogen) atoms. The highest BCUT2D eigenvalue weighted by Gasteiger charge is 2.46. The number of nitrogens with zero attached hydrogens (tertiary/aromatic N) is 2. The first-order chi connectivity index (χ1) is 13.9. The number of anilines is 1. The molecule has 1 N–H and O–H groups in total. The van der Waals surface area contributed by atoms with Gasteiger partial charge in [0.05, 0.1) is 11.6 Å². The number of aliphatic hydroxyl groups is 1. The van der Waals surface area contributed by atoms with E-state index in [1.807, 2.05) is 31.2 Å². The molecule has 0 fully saturated rings. The molecule has 1 aliphatic heterocycles. The summed E-state index contributed by atoms with van der Waals surface area (Å²) in [5, 5.41) is 14.6. The molecular weight excluding hydrogens is 372 g/mol. The summed E-state index contributed by atoms with van der Waals surface area (Å²) < 4.78 is 10.6. The molecule has 3 aromatic rings. The lowest BCUT2D eigenvalue weighted by Gasteiger charge is -2.24. The molecule has 1 atom stereocenters. The van der Waals surface area contributed by atoms with Crippen LogP contribution in [-0.2, 0) is 11.2 Å². The van der Waals surface area contributed by atoms with Gasteiger partial charge >= 0.3 is 0 Å². The summed E-state index contributed by atoms with van der Waals surface area (Å²) in [6, 6.07) is 11.5. The molecule has 0 bridgehead atoms. The summed E-state index contributed by atoms with van der Waals surface area (Å²) in [7, 11) is 0. The highest BCUT2D eigenvalue weighted by atomic mass is 16.5. The molecule has 148 valence electrons. The molecule has 0 saturated heterocycles. The van der Waals surface area contributed by atoms with Crippen LogP contribution in [0.15, 0.2) is 62.7 Å². The molecule has 0 radical (unpaired) electrons. The standard InChI is InChI=1S/C22H20N2O5/c1-4-14-6-8-15(9-7-14)19-18(20(25)16-10-5-12(2)28-16)21(26)22(27)24(19)17-11-13(3)29-23-17/h5-11,19,26H,4H2,1-3H3. The monoisotopic (exact) mass is 392 g/mol. The number of hydrogen-bond donors (Lipinski definition) is 1. The Morgan fingerprint density at radius 1 is 1.14 bits per heavy atom. The molecule has 3 heterocycles. The van der Waals surface area contributed by atoms with Gasteiger partial charge in [-0.05, 0) is 43.5 Å². The molecule has 1 amide bonds. The number of rotatable bonds is 5. The van der Waals surface area contributed by atoms with Crippen LogP contribution >= 0.6 is 0 Å². The zero-order valence-corrected chi connectivity index (χ0v) is 16.3. The van der Waals surface area contributed by atoms with Gasteiger partial charge in [-0.25, -0.2) is 0 Å². The molecule has 2 aromatic heterocycles. The first-order valence-electron chi connectivity index (χ1n) is 9.30. The minimum Gasteiger partial charge on any atom is -0.503 e. The van der Waals surface area contributed by atoms with Gasteiger partial charge in [0, 0.05) is 6.07 Å². The summed E-state index contributed by atoms with van der Waals surface area (Å²) in [4.78, 5) is 27.4. The van der Waals surface area contributed by atoms with Crippen LogP contribution in [0, 0.1) is 13.8 Å². The molecule has 0 aliphatic carbocycles. The quantitative estimate of drug-likeness (QED) is 0.653. The zero-order valence-electron chi connectivity index (χ0n) is 16.3. The number of hydrogen-bond acceptors (Lipinski definition) is 6. The summed E-state index contributed by atoms with van der Waals surface area (Å²) in [5.74, 6) is -0.522. The fraction of sp³-hybridized carbons (Fsp3) is 0.227. The van der Waals surface area contributed by atoms with E-state index in [1.54, 1.807) is 26.0 Å². The van der Waals surface area contributed by atoms with Crippen molar-refractivity contribution in [1.29, 1.82) is 0 Å². The topological polar surface area (TPSA) is 96.8 Å². The van der Waals surface area contributed by atoms with Gasteiger partial charge in [0.15, 0.2) is 17.3 Å². The van der Waals surface area contributed by atoms with Gasteiger partial charge < -0.3 is 14.0 Å². The Kier molecular flexibility index (Phi) is 4.58. The molecule has 1 aliphatic rings. The third-order valence-electron chi connectivity index (χ3n) is 4.98. The number of carbonyl (C=O) groups excluding carboxylic acids is 2. The average Bonchev–Trinajstić information content (AvgIpc) is 3.40. The van der Waals surface area contributed by atoms with Crippen molar-refractivity contribution in [2.45, 2.75) is 33.2 Å². The Labute approximate surface area is 167 Å². The van der Waals surface area contributed by atoms with E-state index in [-0.39, 0.29) is 17.2 Å². The van der Waals surface area contributed by atoms with Crippen molar-refractivity contribution in [3.63, 3.8) is 0 Å². The Morgan fingerprint density at radius 2 is 1.86 bits per heavy atom. The largest absolute Gasteiger partial charge is 0.503 e. The molecule has 7 nitrogen and oxygen atoms in total. The maximum atomic E-state index is 13.2. The Balaban J connectivity index is 1.86. The van der Waals surface area contributed by atoms with Crippen LogP contribution in [0.25, 0.3) is 0 Å². The van der Waals surface area contributed by atoms with E-state index in [0.717, 1.165) is 12.0 Å². The number of aromatic nitrogens is 1. The number of carbonyl (C=O) groups is 2. The minimum atomic E-state index is -0.851. The normalized spacial score (nSPS) is 16.7. The molecule has 1 aromatic carbocycles. The Hall–Kier alpha value is -3.61. The number of ketones is 1. The van der Waals surface area contributed by atoms with Gasteiger partial charge in [-0.15, -0.1) is 0 Å². The summed E-state index contributed by atoms with van der Waals surface area (Å²) in [6.45, 7) is 5.46. The molecule has 7 heteroatoms. The zero-order chi connectivity index (χ0) is 20.7. The lowest BCUT2D eigenvalue weighted by molar-refractivity contribution is -0.117. The van der Waals surface area contributed by atoms with Crippen molar-refractivity contribution in [3.05, 3.63) is 82.2 Å². The minimum absolute atomic E-state index is 0.0470. The maximum Gasteiger partial charge on any atom is 0.295 e. The van der Waals surface area contributed by atoms with Crippen molar-refractivity contribution < 1.29 is 23.6 Å². The van der Waals surface area contributed by atoms with E-state index in [0.29, 0.717) is 17.1 Å². The average molecular weight is 392 g/mol. The van der Waals surface area contributed by atoms with Crippen LogP contribution in [0.1, 0.15) is 46.2 Å².